The Morgan fingerprint density at radius 3 is 2.83 bits per heavy atom. The first kappa shape index (κ1) is 16.6. The molecule has 126 valence electrons. The fourth-order valence-electron chi connectivity index (χ4n) is 3.77. The summed E-state index contributed by atoms with van der Waals surface area (Å²) in [5, 5.41) is 1.17. The maximum Gasteiger partial charge on any atom is 0.329 e. The van der Waals surface area contributed by atoms with Crippen LogP contribution in [0.3, 0.4) is 0 Å². The Morgan fingerprint density at radius 1 is 1.33 bits per heavy atom. The summed E-state index contributed by atoms with van der Waals surface area (Å²) >= 11 is 0. The van der Waals surface area contributed by atoms with Crippen molar-refractivity contribution in [3.8, 4) is 0 Å². The van der Waals surface area contributed by atoms with Crippen LogP contribution in [0, 0.1) is 6.92 Å². The van der Waals surface area contributed by atoms with Gasteiger partial charge in [-0.2, -0.15) is 0 Å². The van der Waals surface area contributed by atoms with Crippen molar-refractivity contribution in [2.45, 2.75) is 32.7 Å². The van der Waals surface area contributed by atoms with Crippen LogP contribution in [-0.2, 0) is 6.42 Å². The minimum absolute atomic E-state index is 0. The normalized spacial score (nSPS) is 15.2. The minimum atomic E-state index is 0. The predicted octanol–water partition coefficient (Wildman–Crippen LogP) is 4.07. The zero-order valence-electron chi connectivity index (χ0n) is 13.8. The van der Waals surface area contributed by atoms with Gasteiger partial charge in [0.2, 0.25) is 0 Å². The molecule has 0 fully saturated rings. The molecule has 5 nitrogen and oxygen atoms in total. The zero-order chi connectivity index (χ0) is 16.0. The molecule has 1 aromatic carbocycles. The number of aryl methyl sites for hydroxylation is 1. The van der Waals surface area contributed by atoms with Crippen LogP contribution in [-0.4, -0.2) is 32.0 Å². The van der Waals surface area contributed by atoms with Gasteiger partial charge in [0.05, 0.1) is 29.8 Å². The van der Waals surface area contributed by atoms with E-state index in [-0.39, 0.29) is 24.5 Å². The number of carbonyl (C=O) groups is 1. The van der Waals surface area contributed by atoms with Crippen molar-refractivity contribution in [2.75, 3.05) is 6.54 Å². The first-order chi connectivity index (χ1) is 11.2. The van der Waals surface area contributed by atoms with Crippen LogP contribution < -0.4 is 0 Å². The van der Waals surface area contributed by atoms with E-state index >= 15 is 0 Å². The maximum atomic E-state index is 13.2. The number of nitrogens with one attached hydrogen (secondary N) is 1. The average molecular weight is 345 g/mol. The lowest BCUT2D eigenvalue weighted by atomic mass is 10.1. The largest absolute Gasteiger partial charge is 0.347 e. The molecule has 0 spiro atoms. The van der Waals surface area contributed by atoms with Gasteiger partial charge < -0.3 is 9.88 Å². The van der Waals surface area contributed by atoms with Gasteiger partial charge in [0, 0.05) is 24.0 Å². The third kappa shape index (κ3) is 2.31. The van der Waals surface area contributed by atoms with Gasteiger partial charge in [-0.1, -0.05) is 25.1 Å². The van der Waals surface area contributed by atoms with E-state index < -0.39 is 0 Å². The molecular formula is C18H21ClN4O. The molecule has 1 aliphatic rings. The molecule has 3 aromatic rings. The summed E-state index contributed by atoms with van der Waals surface area (Å²) < 4.78 is 1.90. The van der Waals surface area contributed by atoms with E-state index in [4.69, 9.17) is 0 Å². The van der Waals surface area contributed by atoms with Gasteiger partial charge in [-0.05, 0) is 25.0 Å². The first-order valence-electron chi connectivity index (χ1n) is 8.10. The number of hydrogen-bond acceptors (Lipinski definition) is 2. The lowest BCUT2D eigenvalue weighted by Gasteiger charge is -2.34. The quantitative estimate of drug-likeness (QED) is 0.778. The van der Waals surface area contributed by atoms with Crippen molar-refractivity contribution in [3.05, 3.63) is 53.7 Å². The predicted molar refractivity (Wildman–Crippen MR) is 96.7 cm³/mol. The number of carbonyl (C=O) groups excluding carboxylic acids is 1. The minimum Gasteiger partial charge on any atom is -0.347 e. The molecule has 0 saturated carbocycles. The number of imidazole rings is 1. The Hall–Kier alpha value is -2.27. The Labute approximate surface area is 147 Å². The van der Waals surface area contributed by atoms with E-state index in [1.807, 2.05) is 33.9 Å². The molecule has 0 aliphatic carbocycles. The van der Waals surface area contributed by atoms with E-state index in [1.165, 1.54) is 10.9 Å². The molecule has 1 aliphatic heterocycles. The number of aromatic amines is 1. The highest BCUT2D eigenvalue weighted by atomic mass is 35.5. The summed E-state index contributed by atoms with van der Waals surface area (Å²) in [6.45, 7) is 4.96. The van der Waals surface area contributed by atoms with Crippen molar-refractivity contribution in [3.63, 3.8) is 0 Å². The number of halogens is 1. The fraction of sp³-hybridized carbons (Fsp3) is 0.333. The molecule has 0 saturated heterocycles. The molecule has 1 N–H and O–H groups in total. The van der Waals surface area contributed by atoms with Crippen LogP contribution in [0.5, 0.6) is 0 Å². The Kier molecular flexibility index (Phi) is 4.37. The van der Waals surface area contributed by atoms with E-state index in [9.17, 15) is 4.79 Å². The van der Waals surface area contributed by atoms with Crippen molar-refractivity contribution >= 4 is 29.3 Å². The van der Waals surface area contributed by atoms with Crippen molar-refractivity contribution in [1.29, 1.82) is 0 Å². The summed E-state index contributed by atoms with van der Waals surface area (Å²) in [6.07, 6.45) is 5.24. The fourth-order valence-corrected chi connectivity index (χ4v) is 3.77. The summed E-state index contributed by atoms with van der Waals surface area (Å²) in [5.74, 6) is 0. The van der Waals surface area contributed by atoms with E-state index in [0.717, 1.165) is 36.3 Å². The Morgan fingerprint density at radius 2 is 2.12 bits per heavy atom. The second kappa shape index (κ2) is 6.32. The standard InChI is InChI=1S/C18H20N4O.ClH/c1-3-15(14-10-19-11-20-14)21-9-8-16-12(2)13-6-4-5-7-17(13)22(16)18(21)23;/h4-7,10-11,15H,3,8-9H2,1-2H3,(H,19,20);1H. The van der Waals surface area contributed by atoms with Crippen molar-refractivity contribution in [2.24, 2.45) is 0 Å². The number of para-hydroxylation sites is 1. The van der Waals surface area contributed by atoms with E-state index in [0.29, 0.717) is 0 Å². The van der Waals surface area contributed by atoms with Crippen LogP contribution in [0.1, 0.15) is 36.3 Å². The van der Waals surface area contributed by atoms with Gasteiger partial charge in [-0.3, -0.25) is 4.57 Å². The number of nitrogens with zero attached hydrogens (tertiary/aromatic N) is 3. The van der Waals surface area contributed by atoms with Gasteiger partial charge in [-0.15, -0.1) is 12.4 Å². The Bertz CT molecular complexity index is 869. The highest BCUT2D eigenvalue weighted by Crippen LogP contribution is 2.32. The topological polar surface area (TPSA) is 53.9 Å². The number of benzene rings is 1. The monoisotopic (exact) mass is 344 g/mol. The second-order valence-electron chi connectivity index (χ2n) is 6.08. The first-order valence-corrected chi connectivity index (χ1v) is 8.10. The second-order valence-corrected chi connectivity index (χ2v) is 6.08. The number of amides is 1. The van der Waals surface area contributed by atoms with E-state index in [2.05, 4.69) is 29.9 Å². The molecule has 1 amide bonds. The van der Waals surface area contributed by atoms with Crippen molar-refractivity contribution in [1.82, 2.24) is 19.4 Å². The molecule has 24 heavy (non-hydrogen) atoms. The third-order valence-corrected chi connectivity index (χ3v) is 4.92. The highest BCUT2D eigenvalue weighted by molar-refractivity contribution is 5.96. The van der Waals surface area contributed by atoms with Crippen LogP contribution in [0.25, 0.3) is 10.9 Å². The molecule has 6 heteroatoms. The van der Waals surface area contributed by atoms with Gasteiger partial charge in [0.1, 0.15) is 0 Å². The molecule has 0 bridgehead atoms. The molecule has 1 unspecified atom stereocenters. The third-order valence-electron chi connectivity index (χ3n) is 4.92. The molecule has 2 aromatic heterocycles. The van der Waals surface area contributed by atoms with Gasteiger partial charge in [0.25, 0.3) is 0 Å². The number of rotatable bonds is 3. The van der Waals surface area contributed by atoms with Crippen LogP contribution in [0.2, 0.25) is 0 Å². The zero-order valence-corrected chi connectivity index (χ0v) is 14.6. The lowest BCUT2D eigenvalue weighted by molar-refractivity contribution is 0.165. The summed E-state index contributed by atoms with van der Waals surface area (Å²) in [5.41, 5.74) is 4.38. The molecule has 1 atom stereocenters. The number of H-pyrrole nitrogens is 1. The Balaban J connectivity index is 0.00000169. The number of fused-ring (bicyclic) bond motifs is 3. The lowest BCUT2D eigenvalue weighted by Crippen LogP contribution is -2.43. The number of aromatic nitrogens is 3. The summed E-state index contributed by atoms with van der Waals surface area (Å²) in [7, 11) is 0. The highest BCUT2D eigenvalue weighted by Gasteiger charge is 2.32. The molecule has 4 rings (SSSR count). The molecular weight excluding hydrogens is 324 g/mol. The van der Waals surface area contributed by atoms with Gasteiger partial charge in [0.15, 0.2) is 0 Å². The van der Waals surface area contributed by atoms with E-state index in [1.54, 1.807) is 6.33 Å². The van der Waals surface area contributed by atoms with Crippen LogP contribution >= 0.6 is 12.4 Å². The summed E-state index contributed by atoms with van der Waals surface area (Å²) in [6, 6.07) is 8.26. The smallest absolute Gasteiger partial charge is 0.329 e. The number of hydrogen-bond donors (Lipinski definition) is 1. The average Bonchev–Trinajstić information content (AvgIpc) is 3.19. The maximum absolute atomic E-state index is 13.2. The van der Waals surface area contributed by atoms with Gasteiger partial charge in [-0.25, -0.2) is 9.78 Å². The molecule has 3 heterocycles. The van der Waals surface area contributed by atoms with Crippen LogP contribution in [0.15, 0.2) is 36.8 Å². The summed E-state index contributed by atoms with van der Waals surface area (Å²) in [4.78, 5) is 22.4. The SMILES string of the molecule is CCC(c1cnc[nH]1)N1CCc2c(C)c3ccccc3n2C1=O.Cl. The van der Waals surface area contributed by atoms with Crippen molar-refractivity contribution < 1.29 is 4.79 Å². The molecule has 0 radical (unpaired) electrons. The van der Waals surface area contributed by atoms with Gasteiger partial charge >= 0.3 is 6.03 Å². The van der Waals surface area contributed by atoms with Crippen LogP contribution in [0.4, 0.5) is 4.79 Å².